The molecule has 7 heteroatoms. The third kappa shape index (κ3) is 3.15. The molecule has 1 heterocycles. The van der Waals surface area contributed by atoms with E-state index in [1.807, 2.05) is 4.90 Å². The van der Waals surface area contributed by atoms with Crippen molar-refractivity contribution in [3.63, 3.8) is 0 Å². The number of hydrogen-bond donors (Lipinski definition) is 2. The zero-order chi connectivity index (χ0) is 14.9. The van der Waals surface area contributed by atoms with E-state index < -0.39 is 11.7 Å². The summed E-state index contributed by atoms with van der Waals surface area (Å²) in [7, 11) is 0. The lowest BCUT2D eigenvalue weighted by Gasteiger charge is -2.21. The first-order valence-corrected chi connectivity index (χ1v) is 6.26. The Morgan fingerprint density at radius 3 is 2.70 bits per heavy atom. The van der Waals surface area contributed by atoms with E-state index in [-0.39, 0.29) is 17.6 Å². The van der Waals surface area contributed by atoms with Crippen LogP contribution >= 0.6 is 0 Å². The van der Waals surface area contributed by atoms with Crippen LogP contribution in [0.1, 0.15) is 18.9 Å². The molecule has 110 valence electrons. The molecule has 1 saturated heterocycles. The van der Waals surface area contributed by atoms with Gasteiger partial charge in [0.25, 0.3) is 0 Å². The third-order valence-corrected chi connectivity index (χ3v) is 3.29. The van der Waals surface area contributed by atoms with Gasteiger partial charge in [0, 0.05) is 26.1 Å². The molecule has 1 aliphatic rings. The van der Waals surface area contributed by atoms with Gasteiger partial charge in [-0.1, -0.05) is 0 Å². The van der Waals surface area contributed by atoms with Crippen LogP contribution in [0.4, 0.5) is 24.5 Å². The van der Waals surface area contributed by atoms with E-state index in [1.54, 1.807) is 0 Å². The van der Waals surface area contributed by atoms with E-state index in [9.17, 15) is 18.0 Å². The standard InChI is InChI=1S/C13H16F3N3O/c1-8(20)18-10-4-5-19(7-10)12-3-2-9(6-11(12)17)13(14,15)16/h2-3,6,10H,4-5,7,17H2,1H3,(H,18,20). The lowest BCUT2D eigenvalue weighted by Crippen LogP contribution is -2.35. The second-order valence-corrected chi connectivity index (χ2v) is 4.90. The number of anilines is 2. The zero-order valence-electron chi connectivity index (χ0n) is 11.0. The van der Waals surface area contributed by atoms with Crippen LogP contribution in [-0.2, 0) is 11.0 Å². The van der Waals surface area contributed by atoms with Crippen molar-refractivity contribution in [1.29, 1.82) is 0 Å². The molecule has 3 N–H and O–H groups in total. The largest absolute Gasteiger partial charge is 0.416 e. The average Bonchev–Trinajstić information content (AvgIpc) is 2.75. The highest BCUT2D eigenvalue weighted by Gasteiger charge is 2.32. The summed E-state index contributed by atoms with van der Waals surface area (Å²) in [6, 6.07) is 3.36. The Balaban J connectivity index is 2.13. The lowest BCUT2D eigenvalue weighted by atomic mass is 10.1. The SMILES string of the molecule is CC(=O)NC1CCN(c2ccc(C(F)(F)F)cc2N)C1. The fraction of sp³-hybridized carbons (Fsp3) is 0.462. The van der Waals surface area contributed by atoms with Crippen LogP contribution < -0.4 is 16.0 Å². The van der Waals surface area contributed by atoms with Gasteiger partial charge in [-0.05, 0) is 24.6 Å². The molecule has 0 aliphatic carbocycles. The molecule has 1 aromatic carbocycles. The Labute approximate surface area is 114 Å². The van der Waals surface area contributed by atoms with Crippen molar-refractivity contribution in [3.05, 3.63) is 23.8 Å². The quantitative estimate of drug-likeness (QED) is 0.818. The van der Waals surface area contributed by atoms with Crippen LogP contribution in [0.25, 0.3) is 0 Å². The molecule has 0 saturated carbocycles. The number of halogens is 3. The number of carbonyl (C=O) groups excluding carboxylic acids is 1. The van der Waals surface area contributed by atoms with Crippen molar-refractivity contribution in [2.75, 3.05) is 23.7 Å². The zero-order valence-corrected chi connectivity index (χ0v) is 11.0. The van der Waals surface area contributed by atoms with Gasteiger partial charge >= 0.3 is 6.18 Å². The van der Waals surface area contributed by atoms with E-state index in [0.29, 0.717) is 18.8 Å². The molecule has 0 spiro atoms. The Morgan fingerprint density at radius 1 is 1.45 bits per heavy atom. The fourth-order valence-corrected chi connectivity index (χ4v) is 2.40. The maximum Gasteiger partial charge on any atom is 0.416 e. The number of alkyl halides is 3. The van der Waals surface area contributed by atoms with Crippen LogP contribution in [0.3, 0.4) is 0 Å². The average molecular weight is 287 g/mol. The van der Waals surface area contributed by atoms with Crippen LogP contribution in [0.5, 0.6) is 0 Å². The van der Waals surface area contributed by atoms with E-state index in [2.05, 4.69) is 5.32 Å². The molecule has 4 nitrogen and oxygen atoms in total. The molecule has 1 fully saturated rings. The predicted octanol–water partition coefficient (Wildman–Crippen LogP) is 2.00. The van der Waals surface area contributed by atoms with Gasteiger partial charge in [0.15, 0.2) is 0 Å². The van der Waals surface area contributed by atoms with Gasteiger partial charge in [0.1, 0.15) is 0 Å². The predicted molar refractivity (Wildman–Crippen MR) is 70.3 cm³/mol. The number of hydrogen-bond acceptors (Lipinski definition) is 3. The Bertz CT molecular complexity index is 516. The second kappa shape index (κ2) is 5.22. The number of carbonyl (C=O) groups is 1. The molecule has 20 heavy (non-hydrogen) atoms. The molecular weight excluding hydrogens is 271 g/mol. The summed E-state index contributed by atoms with van der Waals surface area (Å²) in [4.78, 5) is 12.9. The highest BCUT2D eigenvalue weighted by molar-refractivity contribution is 5.74. The van der Waals surface area contributed by atoms with Crippen molar-refractivity contribution in [2.24, 2.45) is 0 Å². The normalized spacial score (nSPS) is 19.2. The summed E-state index contributed by atoms with van der Waals surface area (Å²) in [5, 5.41) is 2.80. The lowest BCUT2D eigenvalue weighted by molar-refractivity contribution is -0.137. The van der Waals surface area contributed by atoms with Crippen molar-refractivity contribution in [2.45, 2.75) is 25.6 Å². The first-order valence-electron chi connectivity index (χ1n) is 6.26. The molecule has 1 aliphatic heterocycles. The minimum absolute atomic E-state index is 0.00851. The van der Waals surface area contributed by atoms with Gasteiger partial charge in [0.05, 0.1) is 16.9 Å². The molecule has 1 aromatic rings. The van der Waals surface area contributed by atoms with Gasteiger partial charge in [-0.25, -0.2) is 0 Å². The maximum absolute atomic E-state index is 12.6. The summed E-state index contributed by atoms with van der Waals surface area (Å²) in [6.07, 6.45) is -3.64. The van der Waals surface area contributed by atoms with Crippen LogP contribution in [0.2, 0.25) is 0 Å². The van der Waals surface area contributed by atoms with Gasteiger partial charge in [-0.3, -0.25) is 4.79 Å². The first kappa shape index (κ1) is 14.5. The number of nitrogens with two attached hydrogens (primary N) is 1. The second-order valence-electron chi connectivity index (χ2n) is 4.90. The number of rotatable bonds is 2. The van der Waals surface area contributed by atoms with Crippen molar-refractivity contribution in [1.82, 2.24) is 5.32 Å². The number of nitrogens with zero attached hydrogens (tertiary/aromatic N) is 1. The molecule has 1 unspecified atom stereocenters. The van der Waals surface area contributed by atoms with Gasteiger partial charge in [-0.2, -0.15) is 13.2 Å². The number of nitrogen functional groups attached to an aromatic ring is 1. The third-order valence-electron chi connectivity index (χ3n) is 3.29. The molecular formula is C13H16F3N3O. The van der Waals surface area contributed by atoms with E-state index >= 15 is 0 Å². The van der Waals surface area contributed by atoms with Crippen LogP contribution in [0, 0.1) is 0 Å². The minimum atomic E-state index is -4.39. The van der Waals surface area contributed by atoms with E-state index in [0.717, 1.165) is 18.6 Å². The first-order chi connectivity index (χ1) is 9.27. The minimum Gasteiger partial charge on any atom is -0.397 e. The summed E-state index contributed by atoms with van der Waals surface area (Å²) in [6.45, 7) is 2.64. The van der Waals surface area contributed by atoms with Crippen LogP contribution in [-0.4, -0.2) is 25.0 Å². The van der Waals surface area contributed by atoms with Gasteiger partial charge < -0.3 is 16.0 Å². The maximum atomic E-state index is 12.6. The number of amides is 1. The number of benzene rings is 1. The molecule has 1 amide bonds. The van der Waals surface area contributed by atoms with Crippen molar-refractivity contribution in [3.8, 4) is 0 Å². The molecule has 2 rings (SSSR count). The van der Waals surface area contributed by atoms with Crippen LogP contribution in [0.15, 0.2) is 18.2 Å². The van der Waals surface area contributed by atoms with Gasteiger partial charge in [-0.15, -0.1) is 0 Å². The molecule has 0 radical (unpaired) electrons. The van der Waals surface area contributed by atoms with Crippen molar-refractivity contribution < 1.29 is 18.0 Å². The molecule has 1 atom stereocenters. The highest BCUT2D eigenvalue weighted by atomic mass is 19.4. The Kier molecular flexibility index (Phi) is 3.78. The summed E-state index contributed by atoms with van der Waals surface area (Å²) in [5.41, 5.74) is 5.64. The molecule has 0 aromatic heterocycles. The highest BCUT2D eigenvalue weighted by Crippen LogP contribution is 2.35. The number of nitrogens with one attached hydrogen (secondary N) is 1. The molecule has 0 bridgehead atoms. The van der Waals surface area contributed by atoms with E-state index in [4.69, 9.17) is 5.73 Å². The van der Waals surface area contributed by atoms with E-state index in [1.165, 1.54) is 13.0 Å². The summed E-state index contributed by atoms with van der Waals surface area (Å²) < 4.78 is 37.7. The van der Waals surface area contributed by atoms with Crippen molar-refractivity contribution >= 4 is 17.3 Å². The Morgan fingerprint density at radius 2 is 2.15 bits per heavy atom. The summed E-state index contributed by atoms with van der Waals surface area (Å²) >= 11 is 0. The topological polar surface area (TPSA) is 58.4 Å². The smallest absolute Gasteiger partial charge is 0.397 e. The van der Waals surface area contributed by atoms with Gasteiger partial charge in [0.2, 0.25) is 5.91 Å². The Hall–Kier alpha value is -1.92. The fourth-order valence-electron chi connectivity index (χ4n) is 2.40. The summed E-state index contributed by atoms with van der Waals surface area (Å²) in [5.74, 6) is -0.114. The monoisotopic (exact) mass is 287 g/mol.